The molecule has 2 N–H and O–H groups in total. The second-order valence-electron chi connectivity index (χ2n) is 3.90. The van der Waals surface area contributed by atoms with Crippen LogP contribution < -0.4 is 15.5 Å². The van der Waals surface area contributed by atoms with Gasteiger partial charge in [0.05, 0.1) is 7.11 Å². The molecule has 0 spiro atoms. The van der Waals surface area contributed by atoms with Crippen LogP contribution in [0.3, 0.4) is 0 Å². The van der Waals surface area contributed by atoms with E-state index in [1.807, 2.05) is 24.3 Å². The molecule has 0 unspecified atom stereocenters. The van der Waals surface area contributed by atoms with Gasteiger partial charge < -0.3 is 15.0 Å². The third kappa shape index (κ3) is 3.10. The zero-order chi connectivity index (χ0) is 12.1. The van der Waals surface area contributed by atoms with E-state index in [4.69, 9.17) is 0 Å². The number of piperazine rings is 1. The van der Waals surface area contributed by atoms with E-state index < -0.39 is 6.09 Å². The van der Waals surface area contributed by atoms with Crippen LogP contribution in [-0.4, -0.2) is 39.4 Å². The molecule has 92 valence electrons. The van der Waals surface area contributed by atoms with Crippen molar-refractivity contribution in [3.05, 3.63) is 24.3 Å². The number of hydrogen-bond acceptors (Lipinski definition) is 4. The fourth-order valence-corrected chi connectivity index (χ4v) is 1.87. The number of methoxy groups -OCH3 is 1. The Morgan fingerprint density at radius 3 is 2.88 bits per heavy atom. The van der Waals surface area contributed by atoms with E-state index in [0.717, 1.165) is 37.6 Å². The highest BCUT2D eigenvalue weighted by molar-refractivity contribution is 5.85. The first-order chi connectivity index (χ1) is 8.29. The van der Waals surface area contributed by atoms with E-state index in [9.17, 15) is 4.79 Å². The molecule has 5 nitrogen and oxygen atoms in total. The number of nitrogens with one attached hydrogen (secondary N) is 2. The number of carbonyl (C=O) groups excluding carboxylic acids is 1. The normalized spacial score (nSPS) is 15.5. The summed E-state index contributed by atoms with van der Waals surface area (Å²) in [5.74, 6) is 0. The Kier molecular flexibility index (Phi) is 3.82. The molecule has 17 heavy (non-hydrogen) atoms. The van der Waals surface area contributed by atoms with E-state index in [1.54, 1.807) is 0 Å². The minimum absolute atomic E-state index is 0.442. The molecule has 5 heteroatoms. The van der Waals surface area contributed by atoms with Gasteiger partial charge in [0, 0.05) is 37.6 Å². The second kappa shape index (κ2) is 5.54. The summed E-state index contributed by atoms with van der Waals surface area (Å²) in [6.45, 7) is 3.96. The van der Waals surface area contributed by atoms with Crippen LogP contribution in [0.2, 0.25) is 0 Å². The topological polar surface area (TPSA) is 53.6 Å². The van der Waals surface area contributed by atoms with E-state index in [-0.39, 0.29) is 0 Å². The molecule has 1 amide bonds. The third-order valence-electron chi connectivity index (χ3n) is 2.76. The van der Waals surface area contributed by atoms with E-state index >= 15 is 0 Å². The number of anilines is 2. The van der Waals surface area contributed by atoms with Gasteiger partial charge in [-0.15, -0.1) is 0 Å². The number of ether oxygens (including phenoxy) is 1. The average Bonchev–Trinajstić information content (AvgIpc) is 2.40. The van der Waals surface area contributed by atoms with Crippen molar-refractivity contribution in [2.45, 2.75) is 0 Å². The van der Waals surface area contributed by atoms with Crippen LogP contribution in [0.5, 0.6) is 0 Å². The summed E-state index contributed by atoms with van der Waals surface area (Å²) >= 11 is 0. The van der Waals surface area contributed by atoms with Gasteiger partial charge in [-0.25, -0.2) is 4.79 Å². The smallest absolute Gasteiger partial charge is 0.411 e. The molecule has 0 atom stereocenters. The summed E-state index contributed by atoms with van der Waals surface area (Å²) in [6, 6.07) is 7.79. The van der Waals surface area contributed by atoms with Gasteiger partial charge in [0.2, 0.25) is 0 Å². The van der Waals surface area contributed by atoms with Crippen LogP contribution in [0.4, 0.5) is 16.2 Å². The maximum absolute atomic E-state index is 11.1. The van der Waals surface area contributed by atoms with Gasteiger partial charge >= 0.3 is 6.09 Å². The Morgan fingerprint density at radius 1 is 1.41 bits per heavy atom. The Hall–Kier alpha value is -1.75. The predicted octanol–water partition coefficient (Wildman–Crippen LogP) is 1.27. The fraction of sp³-hybridized carbons (Fsp3) is 0.417. The summed E-state index contributed by atoms with van der Waals surface area (Å²) in [5.41, 5.74) is 1.88. The molecule has 1 heterocycles. The van der Waals surface area contributed by atoms with Gasteiger partial charge in [-0.2, -0.15) is 0 Å². The summed E-state index contributed by atoms with van der Waals surface area (Å²) < 4.78 is 4.57. The number of nitrogens with zero attached hydrogens (tertiary/aromatic N) is 1. The lowest BCUT2D eigenvalue weighted by molar-refractivity contribution is 0.187. The van der Waals surface area contributed by atoms with Gasteiger partial charge in [-0.1, -0.05) is 6.07 Å². The summed E-state index contributed by atoms with van der Waals surface area (Å²) in [4.78, 5) is 13.4. The van der Waals surface area contributed by atoms with Crippen molar-refractivity contribution >= 4 is 17.5 Å². The summed E-state index contributed by atoms with van der Waals surface area (Å²) in [5, 5.41) is 5.98. The molecule has 1 fully saturated rings. The molecule has 0 radical (unpaired) electrons. The molecule has 0 aromatic heterocycles. The number of amides is 1. The van der Waals surface area contributed by atoms with Crippen molar-refractivity contribution in [3.8, 4) is 0 Å². The Balaban J connectivity index is 2.07. The van der Waals surface area contributed by atoms with Crippen LogP contribution in [0.25, 0.3) is 0 Å². The lowest BCUT2D eigenvalue weighted by Crippen LogP contribution is -2.43. The minimum Gasteiger partial charge on any atom is -0.453 e. The van der Waals surface area contributed by atoms with E-state index in [2.05, 4.69) is 20.3 Å². The van der Waals surface area contributed by atoms with Crippen molar-refractivity contribution < 1.29 is 9.53 Å². The monoisotopic (exact) mass is 235 g/mol. The first kappa shape index (κ1) is 11.7. The Labute approximate surface area is 101 Å². The van der Waals surface area contributed by atoms with Crippen molar-refractivity contribution in [2.24, 2.45) is 0 Å². The highest BCUT2D eigenvalue weighted by Gasteiger charge is 2.11. The maximum Gasteiger partial charge on any atom is 0.411 e. The first-order valence-corrected chi connectivity index (χ1v) is 5.70. The molecule has 0 saturated carbocycles. The molecule has 1 aromatic rings. The SMILES string of the molecule is COC(=O)Nc1cccc(N2CCNCC2)c1. The van der Waals surface area contributed by atoms with Crippen molar-refractivity contribution in [2.75, 3.05) is 43.5 Å². The third-order valence-corrected chi connectivity index (χ3v) is 2.76. The zero-order valence-corrected chi connectivity index (χ0v) is 9.90. The maximum atomic E-state index is 11.1. The van der Waals surface area contributed by atoms with Crippen molar-refractivity contribution in [3.63, 3.8) is 0 Å². The first-order valence-electron chi connectivity index (χ1n) is 5.70. The standard InChI is InChI=1S/C12H17N3O2/c1-17-12(16)14-10-3-2-4-11(9-10)15-7-5-13-6-8-15/h2-4,9,13H,5-8H2,1H3,(H,14,16). The van der Waals surface area contributed by atoms with Crippen LogP contribution in [-0.2, 0) is 4.74 Å². The molecular weight excluding hydrogens is 218 g/mol. The molecule has 1 aliphatic rings. The van der Waals surface area contributed by atoms with Crippen LogP contribution in [0.15, 0.2) is 24.3 Å². The molecular formula is C12H17N3O2. The molecule has 2 rings (SSSR count). The van der Waals surface area contributed by atoms with Crippen LogP contribution in [0, 0.1) is 0 Å². The highest BCUT2D eigenvalue weighted by atomic mass is 16.5. The second-order valence-corrected chi connectivity index (χ2v) is 3.90. The largest absolute Gasteiger partial charge is 0.453 e. The van der Waals surface area contributed by atoms with Gasteiger partial charge in [0.1, 0.15) is 0 Å². The lowest BCUT2D eigenvalue weighted by Gasteiger charge is -2.29. The minimum atomic E-state index is -0.442. The highest BCUT2D eigenvalue weighted by Crippen LogP contribution is 2.19. The number of carbonyl (C=O) groups is 1. The van der Waals surface area contributed by atoms with Gasteiger partial charge in [0.15, 0.2) is 0 Å². The molecule has 1 saturated heterocycles. The Morgan fingerprint density at radius 2 is 2.18 bits per heavy atom. The summed E-state index contributed by atoms with van der Waals surface area (Å²) in [7, 11) is 1.36. The molecule has 0 bridgehead atoms. The number of benzene rings is 1. The van der Waals surface area contributed by atoms with Crippen LogP contribution >= 0.6 is 0 Å². The van der Waals surface area contributed by atoms with Gasteiger partial charge in [-0.05, 0) is 18.2 Å². The fourth-order valence-electron chi connectivity index (χ4n) is 1.87. The van der Waals surface area contributed by atoms with E-state index in [1.165, 1.54) is 7.11 Å². The number of hydrogen-bond donors (Lipinski definition) is 2. The van der Waals surface area contributed by atoms with E-state index in [0.29, 0.717) is 0 Å². The van der Waals surface area contributed by atoms with Crippen molar-refractivity contribution in [1.29, 1.82) is 0 Å². The molecule has 1 aliphatic heterocycles. The summed E-state index contributed by atoms with van der Waals surface area (Å²) in [6.07, 6.45) is -0.442. The number of rotatable bonds is 2. The quantitative estimate of drug-likeness (QED) is 0.810. The van der Waals surface area contributed by atoms with Crippen LogP contribution in [0.1, 0.15) is 0 Å². The average molecular weight is 235 g/mol. The Bertz CT molecular complexity index is 389. The predicted molar refractivity (Wildman–Crippen MR) is 67.6 cm³/mol. The molecule has 0 aliphatic carbocycles. The lowest BCUT2D eigenvalue weighted by atomic mass is 10.2. The van der Waals surface area contributed by atoms with Crippen molar-refractivity contribution in [1.82, 2.24) is 5.32 Å². The zero-order valence-electron chi connectivity index (χ0n) is 9.90. The molecule has 1 aromatic carbocycles. The van der Waals surface area contributed by atoms with Gasteiger partial charge in [-0.3, -0.25) is 5.32 Å². The van der Waals surface area contributed by atoms with Gasteiger partial charge in [0.25, 0.3) is 0 Å².